The molecule has 118 valence electrons. The van der Waals surface area contributed by atoms with E-state index >= 15 is 0 Å². The monoisotopic (exact) mass is 310 g/mol. The highest BCUT2D eigenvalue weighted by Crippen LogP contribution is 2.27. The zero-order valence-electron chi connectivity index (χ0n) is 13.0. The zero-order chi connectivity index (χ0) is 14.4. The van der Waals surface area contributed by atoms with Gasteiger partial charge in [0, 0.05) is 12.6 Å². The van der Waals surface area contributed by atoms with Gasteiger partial charge in [-0.05, 0) is 30.9 Å². The van der Waals surface area contributed by atoms with Crippen molar-refractivity contribution in [2.24, 2.45) is 5.92 Å². The summed E-state index contributed by atoms with van der Waals surface area (Å²) in [6.45, 7) is 6.13. The number of carbonyl (C=O) groups is 1. The number of rotatable bonds is 6. The predicted octanol–water partition coefficient (Wildman–Crippen LogP) is 3.11. The molecule has 4 heteroatoms. The second-order valence-corrected chi connectivity index (χ2v) is 5.81. The minimum absolute atomic E-state index is 0. The summed E-state index contributed by atoms with van der Waals surface area (Å²) in [5.41, 5.74) is 1.12. The molecule has 2 N–H and O–H groups in total. The Morgan fingerprint density at radius 1 is 1.38 bits per heavy atom. The summed E-state index contributed by atoms with van der Waals surface area (Å²) < 4.78 is 0. The average molecular weight is 311 g/mol. The van der Waals surface area contributed by atoms with Crippen LogP contribution in [0.3, 0.4) is 0 Å². The summed E-state index contributed by atoms with van der Waals surface area (Å²) in [5, 5.41) is 6.56. The molecule has 0 aliphatic carbocycles. The van der Waals surface area contributed by atoms with Crippen LogP contribution in [-0.4, -0.2) is 25.0 Å². The Morgan fingerprint density at radius 3 is 2.67 bits per heavy atom. The van der Waals surface area contributed by atoms with Crippen molar-refractivity contribution in [3.05, 3.63) is 35.9 Å². The van der Waals surface area contributed by atoms with Crippen LogP contribution in [0.2, 0.25) is 0 Å². The summed E-state index contributed by atoms with van der Waals surface area (Å²) in [7, 11) is 0. The Labute approximate surface area is 134 Å². The third-order valence-electron chi connectivity index (χ3n) is 4.34. The lowest BCUT2D eigenvalue weighted by molar-refractivity contribution is -0.123. The van der Waals surface area contributed by atoms with E-state index < -0.39 is 0 Å². The maximum absolute atomic E-state index is 12.6. The van der Waals surface area contributed by atoms with Crippen LogP contribution in [0.15, 0.2) is 30.3 Å². The lowest BCUT2D eigenvalue weighted by atomic mass is 9.85. The molecule has 2 rings (SSSR count). The van der Waals surface area contributed by atoms with E-state index in [-0.39, 0.29) is 24.2 Å². The number of benzene rings is 1. The Bertz CT molecular complexity index is 418. The molecule has 1 heterocycles. The van der Waals surface area contributed by atoms with Crippen molar-refractivity contribution >= 4 is 18.3 Å². The van der Waals surface area contributed by atoms with Gasteiger partial charge in [0.05, 0.1) is 5.92 Å². The molecule has 21 heavy (non-hydrogen) atoms. The molecule has 1 saturated heterocycles. The fourth-order valence-corrected chi connectivity index (χ4v) is 2.90. The van der Waals surface area contributed by atoms with Gasteiger partial charge in [-0.15, -0.1) is 12.4 Å². The molecule has 1 fully saturated rings. The first-order chi connectivity index (χ1) is 9.72. The SMILES string of the molecule is CCC(C)C(C(=O)NCC1CCCN1)c1ccccc1.Cl. The molecule has 0 radical (unpaired) electrons. The van der Waals surface area contributed by atoms with Crippen molar-refractivity contribution in [3.8, 4) is 0 Å². The van der Waals surface area contributed by atoms with Gasteiger partial charge in [0.2, 0.25) is 5.91 Å². The maximum Gasteiger partial charge on any atom is 0.227 e. The van der Waals surface area contributed by atoms with Gasteiger partial charge in [0.15, 0.2) is 0 Å². The lowest BCUT2D eigenvalue weighted by Crippen LogP contribution is -2.40. The van der Waals surface area contributed by atoms with Crippen LogP contribution >= 0.6 is 12.4 Å². The smallest absolute Gasteiger partial charge is 0.227 e. The van der Waals surface area contributed by atoms with Crippen LogP contribution < -0.4 is 10.6 Å². The van der Waals surface area contributed by atoms with E-state index in [4.69, 9.17) is 0 Å². The van der Waals surface area contributed by atoms with Crippen molar-refractivity contribution in [1.82, 2.24) is 10.6 Å². The molecule has 0 bridgehead atoms. The van der Waals surface area contributed by atoms with Crippen LogP contribution in [0.5, 0.6) is 0 Å². The predicted molar refractivity (Wildman–Crippen MR) is 89.9 cm³/mol. The van der Waals surface area contributed by atoms with E-state index in [1.807, 2.05) is 18.2 Å². The molecular weight excluding hydrogens is 284 g/mol. The minimum atomic E-state index is -0.0393. The van der Waals surface area contributed by atoms with E-state index in [0.717, 1.165) is 25.1 Å². The van der Waals surface area contributed by atoms with Gasteiger partial charge in [-0.3, -0.25) is 4.79 Å². The van der Waals surface area contributed by atoms with Gasteiger partial charge in [-0.1, -0.05) is 50.6 Å². The van der Waals surface area contributed by atoms with E-state index in [9.17, 15) is 4.79 Å². The molecule has 1 aliphatic heterocycles. The van der Waals surface area contributed by atoms with E-state index in [2.05, 4.69) is 36.6 Å². The molecule has 1 amide bonds. The van der Waals surface area contributed by atoms with Gasteiger partial charge >= 0.3 is 0 Å². The van der Waals surface area contributed by atoms with Crippen LogP contribution in [-0.2, 0) is 4.79 Å². The average Bonchev–Trinajstić information content (AvgIpc) is 2.99. The van der Waals surface area contributed by atoms with Crippen LogP contribution in [0, 0.1) is 5.92 Å². The molecule has 1 aliphatic rings. The van der Waals surface area contributed by atoms with Crippen molar-refractivity contribution in [2.45, 2.75) is 45.1 Å². The standard InChI is InChI=1S/C17H26N2O.ClH/c1-3-13(2)16(14-8-5-4-6-9-14)17(20)19-12-15-10-7-11-18-15;/h4-6,8-9,13,15-16,18H,3,7,10-12H2,1-2H3,(H,19,20);1H. The second-order valence-electron chi connectivity index (χ2n) is 5.81. The van der Waals surface area contributed by atoms with Crippen LogP contribution in [0.1, 0.15) is 44.6 Å². The zero-order valence-corrected chi connectivity index (χ0v) is 13.8. The number of halogens is 1. The molecule has 3 atom stereocenters. The van der Waals surface area contributed by atoms with Gasteiger partial charge in [0.1, 0.15) is 0 Å². The Hall–Kier alpha value is -1.06. The van der Waals surface area contributed by atoms with Crippen molar-refractivity contribution < 1.29 is 4.79 Å². The largest absolute Gasteiger partial charge is 0.354 e. The lowest BCUT2D eigenvalue weighted by Gasteiger charge is -2.23. The minimum Gasteiger partial charge on any atom is -0.354 e. The van der Waals surface area contributed by atoms with Gasteiger partial charge < -0.3 is 10.6 Å². The highest BCUT2D eigenvalue weighted by atomic mass is 35.5. The first kappa shape index (κ1) is 18.0. The summed E-state index contributed by atoms with van der Waals surface area (Å²) in [6.07, 6.45) is 3.39. The number of amides is 1. The van der Waals surface area contributed by atoms with Crippen molar-refractivity contribution in [2.75, 3.05) is 13.1 Å². The normalized spacial score (nSPS) is 20.4. The molecule has 3 nitrogen and oxygen atoms in total. The topological polar surface area (TPSA) is 41.1 Å². The highest BCUT2D eigenvalue weighted by molar-refractivity contribution is 5.85. The van der Waals surface area contributed by atoms with E-state index in [0.29, 0.717) is 12.0 Å². The Kier molecular flexibility index (Phi) is 7.76. The van der Waals surface area contributed by atoms with Gasteiger partial charge in [-0.2, -0.15) is 0 Å². The van der Waals surface area contributed by atoms with Crippen molar-refractivity contribution in [1.29, 1.82) is 0 Å². The van der Waals surface area contributed by atoms with Crippen LogP contribution in [0.25, 0.3) is 0 Å². The molecular formula is C17H27ClN2O. The van der Waals surface area contributed by atoms with Crippen molar-refractivity contribution in [3.63, 3.8) is 0 Å². The quantitative estimate of drug-likeness (QED) is 0.847. The molecule has 0 saturated carbocycles. The van der Waals surface area contributed by atoms with Crippen LogP contribution in [0.4, 0.5) is 0 Å². The molecule has 0 spiro atoms. The first-order valence-electron chi connectivity index (χ1n) is 7.78. The summed E-state index contributed by atoms with van der Waals surface area (Å²) >= 11 is 0. The Balaban J connectivity index is 0.00000220. The fourth-order valence-electron chi connectivity index (χ4n) is 2.90. The number of hydrogen-bond acceptors (Lipinski definition) is 2. The number of carbonyl (C=O) groups excluding carboxylic acids is 1. The molecule has 1 aromatic carbocycles. The van der Waals surface area contributed by atoms with Gasteiger partial charge in [-0.25, -0.2) is 0 Å². The maximum atomic E-state index is 12.6. The van der Waals surface area contributed by atoms with E-state index in [1.165, 1.54) is 12.8 Å². The third kappa shape index (κ3) is 5.01. The summed E-state index contributed by atoms with van der Waals surface area (Å²) in [6, 6.07) is 10.6. The van der Waals surface area contributed by atoms with Gasteiger partial charge in [0.25, 0.3) is 0 Å². The molecule has 3 unspecified atom stereocenters. The summed E-state index contributed by atoms with van der Waals surface area (Å²) in [5.74, 6) is 0.482. The third-order valence-corrected chi connectivity index (χ3v) is 4.34. The van der Waals surface area contributed by atoms with E-state index in [1.54, 1.807) is 0 Å². The molecule has 1 aromatic rings. The first-order valence-corrected chi connectivity index (χ1v) is 7.78. The summed E-state index contributed by atoms with van der Waals surface area (Å²) in [4.78, 5) is 12.6. The highest BCUT2D eigenvalue weighted by Gasteiger charge is 2.26. The number of hydrogen-bond donors (Lipinski definition) is 2. The fraction of sp³-hybridized carbons (Fsp3) is 0.588. The molecule has 0 aromatic heterocycles. The second kappa shape index (κ2) is 9.06. The Morgan fingerprint density at radius 2 is 2.10 bits per heavy atom. The number of nitrogens with one attached hydrogen (secondary N) is 2.